The average molecular weight is 566 g/mol. The molecule has 0 bridgehead atoms. The maximum absolute atomic E-state index is 14.0. The van der Waals surface area contributed by atoms with Crippen molar-refractivity contribution in [3.8, 4) is 0 Å². The van der Waals surface area contributed by atoms with Crippen molar-refractivity contribution in [3.05, 3.63) is 71.8 Å². The van der Waals surface area contributed by atoms with Crippen LogP contribution >= 0.6 is 0 Å². The molecule has 0 saturated carbocycles. The molecule has 2 aromatic rings. The molecule has 0 aromatic heterocycles. The summed E-state index contributed by atoms with van der Waals surface area (Å²) >= 11 is 0. The Balaban J connectivity index is 1.80. The lowest BCUT2D eigenvalue weighted by Gasteiger charge is -2.36. The van der Waals surface area contributed by atoms with Gasteiger partial charge in [0.05, 0.1) is 0 Å². The minimum Gasteiger partial charge on any atom is -0.459 e. The van der Waals surface area contributed by atoms with Gasteiger partial charge < -0.3 is 25.0 Å². The second-order valence-electron chi connectivity index (χ2n) is 12.0. The maximum atomic E-state index is 14.0. The molecule has 0 unspecified atom stereocenters. The van der Waals surface area contributed by atoms with E-state index in [2.05, 4.69) is 10.6 Å². The van der Waals surface area contributed by atoms with Crippen molar-refractivity contribution >= 4 is 23.9 Å². The van der Waals surface area contributed by atoms with Gasteiger partial charge in [-0.2, -0.15) is 0 Å². The van der Waals surface area contributed by atoms with E-state index in [0.29, 0.717) is 19.4 Å². The molecule has 3 atom stereocenters. The van der Waals surface area contributed by atoms with E-state index in [1.54, 1.807) is 27.7 Å². The summed E-state index contributed by atoms with van der Waals surface area (Å²) in [5.41, 5.74) is -0.405. The summed E-state index contributed by atoms with van der Waals surface area (Å²) in [6.45, 7) is 10.9. The summed E-state index contributed by atoms with van der Waals surface area (Å²) in [5, 5.41) is 5.61. The van der Waals surface area contributed by atoms with Gasteiger partial charge in [0.2, 0.25) is 11.8 Å². The number of alkyl carbamates (subject to hydrolysis) is 1. The molecule has 0 radical (unpaired) electrons. The largest absolute Gasteiger partial charge is 0.459 e. The quantitative estimate of drug-likeness (QED) is 0.413. The fraction of sp³-hybridized carbons (Fsp3) is 0.500. The fourth-order valence-corrected chi connectivity index (χ4v) is 4.64. The standard InChI is InChI=1S/C32H43N3O6/c1-22(2)32(6,34-30(39)41-31(3,4)5)29(38)33-25(20-23-14-9-7-10-15-23)27(36)35-19-13-18-26(35)28(37)40-21-24-16-11-8-12-17-24/h7-12,14-17,22,25-26H,13,18-21H2,1-6H3,(H,33,38)(H,34,39)/t25-,26+,32-/m0/s1. The van der Waals surface area contributed by atoms with Gasteiger partial charge >= 0.3 is 12.1 Å². The molecule has 0 aliphatic carbocycles. The van der Waals surface area contributed by atoms with Crippen molar-refractivity contribution in [2.24, 2.45) is 5.92 Å². The number of benzene rings is 2. The van der Waals surface area contributed by atoms with Crippen molar-refractivity contribution in [2.75, 3.05) is 6.54 Å². The van der Waals surface area contributed by atoms with Crippen LogP contribution in [0.3, 0.4) is 0 Å². The highest BCUT2D eigenvalue weighted by molar-refractivity contribution is 5.95. The molecule has 2 N–H and O–H groups in total. The summed E-state index contributed by atoms with van der Waals surface area (Å²) in [5.74, 6) is -1.68. The topological polar surface area (TPSA) is 114 Å². The summed E-state index contributed by atoms with van der Waals surface area (Å²) in [4.78, 5) is 54.9. The van der Waals surface area contributed by atoms with Gasteiger partial charge in [0.15, 0.2) is 0 Å². The lowest BCUT2D eigenvalue weighted by atomic mass is 9.87. The van der Waals surface area contributed by atoms with Crippen molar-refractivity contribution in [3.63, 3.8) is 0 Å². The van der Waals surface area contributed by atoms with E-state index < -0.39 is 41.2 Å². The van der Waals surface area contributed by atoms with Gasteiger partial charge in [-0.1, -0.05) is 74.5 Å². The van der Waals surface area contributed by atoms with Gasteiger partial charge in [0, 0.05) is 13.0 Å². The molecular formula is C32H43N3O6. The smallest absolute Gasteiger partial charge is 0.408 e. The van der Waals surface area contributed by atoms with Gasteiger partial charge in [-0.05, 0) is 57.6 Å². The van der Waals surface area contributed by atoms with E-state index in [4.69, 9.17) is 9.47 Å². The Hall–Kier alpha value is -3.88. The Bertz CT molecular complexity index is 1190. The summed E-state index contributed by atoms with van der Waals surface area (Å²) in [7, 11) is 0. The zero-order valence-corrected chi connectivity index (χ0v) is 24.9. The lowest BCUT2D eigenvalue weighted by molar-refractivity contribution is -0.155. The van der Waals surface area contributed by atoms with E-state index in [1.165, 1.54) is 4.90 Å². The van der Waals surface area contributed by atoms with E-state index in [0.717, 1.165) is 11.1 Å². The van der Waals surface area contributed by atoms with Crippen LogP contribution in [0, 0.1) is 5.92 Å². The Kier molecular flexibility index (Phi) is 10.5. The van der Waals surface area contributed by atoms with E-state index in [1.807, 2.05) is 74.5 Å². The molecule has 1 fully saturated rings. The zero-order valence-electron chi connectivity index (χ0n) is 24.9. The molecule has 1 saturated heterocycles. The second kappa shape index (κ2) is 13.7. The number of esters is 1. The van der Waals surface area contributed by atoms with Crippen LogP contribution < -0.4 is 10.6 Å². The molecule has 1 aliphatic rings. The van der Waals surface area contributed by atoms with Gasteiger partial charge in [-0.25, -0.2) is 9.59 Å². The third-order valence-corrected chi connectivity index (χ3v) is 7.30. The number of amides is 3. The SMILES string of the molecule is CC(C)[C@](C)(NC(=O)OC(C)(C)C)C(=O)N[C@@H](Cc1ccccc1)C(=O)N1CCC[C@@H]1C(=O)OCc1ccccc1. The van der Waals surface area contributed by atoms with Crippen LogP contribution in [0.2, 0.25) is 0 Å². The van der Waals surface area contributed by atoms with Gasteiger partial charge in [-0.15, -0.1) is 0 Å². The first kappa shape index (κ1) is 31.6. The number of likely N-dealkylation sites (tertiary alicyclic amines) is 1. The predicted molar refractivity (Wildman–Crippen MR) is 156 cm³/mol. The first-order valence-corrected chi connectivity index (χ1v) is 14.2. The molecule has 222 valence electrons. The molecule has 1 heterocycles. The van der Waals surface area contributed by atoms with Crippen molar-refractivity contribution in [2.45, 2.75) is 90.6 Å². The van der Waals surface area contributed by atoms with Crippen LogP contribution in [-0.4, -0.2) is 58.5 Å². The average Bonchev–Trinajstić information content (AvgIpc) is 3.41. The van der Waals surface area contributed by atoms with Gasteiger partial charge in [-0.3, -0.25) is 9.59 Å². The maximum Gasteiger partial charge on any atom is 0.408 e. The van der Waals surface area contributed by atoms with Crippen LogP contribution in [0.5, 0.6) is 0 Å². The van der Waals surface area contributed by atoms with E-state index in [9.17, 15) is 19.2 Å². The summed E-state index contributed by atoms with van der Waals surface area (Å²) < 4.78 is 11.0. The Morgan fingerprint density at radius 1 is 0.927 bits per heavy atom. The second-order valence-corrected chi connectivity index (χ2v) is 12.0. The molecule has 1 aliphatic heterocycles. The monoisotopic (exact) mass is 565 g/mol. The molecule has 3 amide bonds. The minimum atomic E-state index is -1.36. The van der Waals surface area contributed by atoms with Crippen LogP contribution in [0.15, 0.2) is 60.7 Å². The first-order valence-electron chi connectivity index (χ1n) is 14.2. The summed E-state index contributed by atoms with van der Waals surface area (Å²) in [6.07, 6.45) is 0.617. The lowest BCUT2D eigenvalue weighted by Crippen LogP contribution is -2.64. The Morgan fingerprint density at radius 3 is 2.07 bits per heavy atom. The molecule has 2 aromatic carbocycles. The highest BCUT2D eigenvalue weighted by Crippen LogP contribution is 2.23. The molecule has 41 heavy (non-hydrogen) atoms. The van der Waals surface area contributed by atoms with Crippen molar-refractivity contribution in [1.82, 2.24) is 15.5 Å². The third-order valence-electron chi connectivity index (χ3n) is 7.30. The predicted octanol–water partition coefficient (Wildman–Crippen LogP) is 4.39. The number of hydrogen-bond acceptors (Lipinski definition) is 6. The first-order chi connectivity index (χ1) is 19.3. The number of carbonyl (C=O) groups excluding carboxylic acids is 4. The normalized spacial score (nSPS) is 17.3. The Morgan fingerprint density at radius 2 is 1.51 bits per heavy atom. The minimum absolute atomic E-state index is 0.117. The van der Waals surface area contributed by atoms with Gasteiger partial charge in [0.1, 0.15) is 29.8 Å². The van der Waals surface area contributed by atoms with Crippen LogP contribution in [0.25, 0.3) is 0 Å². The Labute approximate surface area is 243 Å². The number of nitrogens with one attached hydrogen (secondary N) is 2. The molecule has 0 spiro atoms. The van der Waals surface area contributed by atoms with E-state index >= 15 is 0 Å². The highest BCUT2D eigenvalue weighted by Gasteiger charge is 2.43. The highest BCUT2D eigenvalue weighted by atomic mass is 16.6. The number of rotatable bonds is 10. The summed E-state index contributed by atoms with van der Waals surface area (Å²) in [6, 6.07) is 17.0. The zero-order chi connectivity index (χ0) is 30.2. The molecule has 9 nitrogen and oxygen atoms in total. The van der Waals surface area contributed by atoms with Crippen LogP contribution in [0.1, 0.15) is 65.5 Å². The fourth-order valence-electron chi connectivity index (χ4n) is 4.64. The number of ether oxygens (including phenoxy) is 2. The number of hydrogen-bond donors (Lipinski definition) is 2. The van der Waals surface area contributed by atoms with Crippen LogP contribution in [0.4, 0.5) is 4.79 Å². The van der Waals surface area contributed by atoms with Crippen molar-refractivity contribution < 1.29 is 28.7 Å². The molecule has 9 heteroatoms. The molecule has 3 rings (SSSR count). The number of nitrogens with zero attached hydrogens (tertiary/aromatic N) is 1. The van der Waals surface area contributed by atoms with Crippen LogP contribution in [-0.2, 0) is 36.9 Å². The third kappa shape index (κ3) is 8.80. The van der Waals surface area contributed by atoms with Crippen molar-refractivity contribution in [1.29, 1.82) is 0 Å². The van der Waals surface area contributed by atoms with Gasteiger partial charge in [0.25, 0.3) is 0 Å². The van der Waals surface area contributed by atoms with E-state index in [-0.39, 0.29) is 24.9 Å². The molecular weight excluding hydrogens is 522 g/mol. The number of carbonyl (C=O) groups is 4.